The molecule has 1 amide bonds. The van der Waals surface area contributed by atoms with E-state index in [9.17, 15) is 39.6 Å². The molecule has 0 saturated heterocycles. The van der Waals surface area contributed by atoms with Gasteiger partial charge >= 0.3 is 5.97 Å². The van der Waals surface area contributed by atoms with Gasteiger partial charge in [-0.15, -0.1) is 0 Å². The molecule has 3 aliphatic carbocycles. The number of nitrogens with one attached hydrogen (secondary N) is 1. The number of aromatic hydroxyl groups is 1. The van der Waals surface area contributed by atoms with E-state index in [4.69, 9.17) is 10.5 Å². The first-order chi connectivity index (χ1) is 22.8. The number of hydrogen-bond acceptors (Lipinski definition) is 11. The molecule has 3 aliphatic rings. The quantitative estimate of drug-likeness (QED) is 0.154. The van der Waals surface area contributed by atoms with E-state index in [1.807, 2.05) is 36.4 Å². The van der Waals surface area contributed by atoms with E-state index in [-0.39, 0.29) is 42.2 Å². The van der Waals surface area contributed by atoms with E-state index in [0.29, 0.717) is 24.3 Å². The molecule has 4 atom stereocenters. The number of ketones is 2. The van der Waals surface area contributed by atoms with Crippen LogP contribution in [0, 0.1) is 11.8 Å². The fourth-order valence-electron chi connectivity index (χ4n) is 7.76. The van der Waals surface area contributed by atoms with Crippen LogP contribution >= 0.6 is 0 Å². The summed E-state index contributed by atoms with van der Waals surface area (Å²) in [5.41, 5.74) is 4.54. The largest absolute Gasteiger partial charge is 0.510 e. The number of Topliss-reactive ketones (excluding diaryl/α,β-unsaturated/α-hetero) is 2. The minimum atomic E-state index is -2.70. The van der Waals surface area contributed by atoms with Crippen molar-refractivity contribution in [3.8, 4) is 16.9 Å². The first kappa shape index (κ1) is 32.9. The van der Waals surface area contributed by atoms with E-state index in [1.54, 1.807) is 27.1 Å². The Morgan fingerprint density at radius 3 is 2.38 bits per heavy atom. The number of nitrogens with zero attached hydrogens (tertiary/aromatic N) is 1. The third-order valence-corrected chi connectivity index (χ3v) is 9.80. The topological polar surface area (TPSA) is 200 Å². The average molecular weight is 656 g/mol. The number of carbonyl (C=O) groups excluding carboxylic acids is 4. The summed E-state index contributed by atoms with van der Waals surface area (Å²) in [6.07, 6.45) is 0.155. The van der Waals surface area contributed by atoms with Crippen molar-refractivity contribution in [1.29, 1.82) is 0 Å². The summed E-state index contributed by atoms with van der Waals surface area (Å²) in [4.78, 5) is 53.4. The van der Waals surface area contributed by atoms with Gasteiger partial charge in [0.1, 0.15) is 22.8 Å². The summed E-state index contributed by atoms with van der Waals surface area (Å²) in [6.45, 7) is 2.49. The predicted molar refractivity (Wildman–Crippen MR) is 175 cm³/mol. The first-order valence-corrected chi connectivity index (χ1v) is 15.7. The van der Waals surface area contributed by atoms with Gasteiger partial charge in [0.2, 0.25) is 5.78 Å². The lowest BCUT2D eigenvalue weighted by Crippen LogP contribution is -2.63. The molecule has 7 N–H and O–H groups in total. The van der Waals surface area contributed by atoms with Crippen molar-refractivity contribution in [2.45, 2.75) is 38.0 Å². The number of carbonyl (C=O) groups is 4. The number of likely N-dealkylation sites (N-methyl/N-ethyl adjacent to an activating group) is 1. The lowest BCUT2D eigenvalue weighted by atomic mass is 9.58. The number of allylic oxidation sites excluding steroid dienone is 1. The Morgan fingerprint density at radius 2 is 1.71 bits per heavy atom. The molecule has 0 fully saturated rings. The van der Waals surface area contributed by atoms with Crippen molar-refractivity contribution in [2.24, 2.45) is 17.6 Å². The second-order valence-corrected chi connectivity index (χ2v) is 12.7. The molecule has 12 heteroatoms. The average Bonchev–Trinajstić information content (AvgIpc) is 3.03. The van der Waals surface area contributed by atoms with Gasteiger partial charge < -0.3 is 36.2 Å². The highest BCUT2D eigenvalue weighted by atomic mass is 16.5. The van der Waals surface area contributed by atoms with E-state index in [2.05, 4.69) is 5.32 Å². The van der Waals surface area contributed by atoms with Crippen molar-refractivity contribution in [2.75, 3.05) is 27.2 Å². The summed E-state index contributed by atoms with van der Waals surface area (Å²) >= 11 is 0. The Labute approximate surface area is 276 Å². The Hall–Kier alpha value is -5.04. The summed E-state index contributed by atoms with van der Waals surface area (Å²) < 4.78 is 5.00. The molecule has 48 heavy (non-hydrogen) atoms. The second kappa shape index (κ2) is 12.2. The number of ether oxygens (including phenoxy) is 1. The zero-order valence-corrected chi connectivity index (χ0v) is 26.7. The summed E-state index contributed by atoms with van der Waals surface area (Å²) in [6, 6.07) is 13.6. The lowest BCUT2D eigenvalue weighted by molar-refractivity contribution is -0.148. The molecule has 4 unspecified atom stereocenters. The number of aliphatic hydroxyl groups excluding tert-OH is 2. The van der Waals surface area contributed by atoms with Crippen LogP contribution < -0.4 is 11.1 Å². The highest BCUT2D eigenvalue weighted by Gasteiger charge is 2.63. The predicted octanol–water partition coefficient (Wildman–Crippen LogP) is 2.59. The molecule has 0 saturated carbocycles. The minimum Gasteiger partial charge on any atom is -0.510 e. The molecule has 0 spiro atoms. The number of benzene rings is 3. The van der Waals surface area contributed by atoms with Crippen LogP contribution in [0.2, 0.25) is 0 Å². The monoisotopic (exact) mass is 655 g/mol. The number of esters is 1. The zero-order valence-electron chi connectivity index (χ0n) is 26.7. The van der Waals surface area contributed by atoms with Crippen LogP contribution in [0.25, 0.3) is 21.9 Å². The fraction of sp³-hybridized carbons (Fsp3) is 0.333. The Bertz CT molecular complexity index is 1960. The molecule has 250 valence electrons. The van der Waals surface area contributed by atoms with Crippen molar-refractivity contribution in [1.82, 2.24) is 10.2 Å². The Kier molecular flexibility index (Phi) is 8.36. The van der Waals surface area contributed by atoms with Crippen LogP contribution in [-0.4, -0.2) is 87.7 Å². The van der Waals surface area contributed by atoms with Crippen LogP contribution in [0.1, 0.15) is 34.8 Å². The number of fused-ring (bicyclic) bond motifs is 4. The number of nitrogens with two attached hydrogens (primary N) is 1. The van der Waals surface area contributed by atoms with Crippen LogP contribution in [0.5, 0.6) is 5.75 Å². The molecule has 0 bridgehead atoms. The van der Waals surface area contributed by atoms with E-state index >= 15 is 0 Å². The lowest BCUT2D eigenvalue weighted by Gasteiger charge is -2.50. The summed E-state index contributed by atoms with van der Waals surface area (Å²) in [7, 11) is 3.18. The maximum Gasteiger partial charge on any atom is 0.319 e. The Balaban J connectivity index is 1.46. The third kappa shape index (κ3) is 4.95. The van der Waals surface area contributed by atoms with Gasteiger partial charge in [-0.2, -0.15) is 0 Å². The van der Waals surface area contributed by atoms with Crippen LogP contribution in [0.15, 0.2) is 71.2 Å². The van der Waals surface area contributed by atoms with Gasteiger partial charge in [0.05, 0.1) is 24.8 Å². The van der Waals surface area contributed by atoms with E-state index in [0.717, 1.165) is 21.9 Å². The molecule has 0 aliphatic heterocycles. The molecular formula is C36H37N3O9. The summed E-state index contributed by atoms with van der Waals surface area (Å²) in [5.74, 6) is -7.32. The number of phenols is 1. The van der Waals surface area contributed by atoms with Crippen LogP contribution in [-0.2, 0) is 32.1 Å². The van der Waals surface area contributed by atoms with Crippen molar-refractivity contribution in [3.63, 3.8) is 0 Å². The fourth-order valence-corrected chi connectivity index (χ4v) is 7.76. The molecule has 0 radical (unpaired) electrons. The van der Waals surface area contributed by atoms with Gasteiger partial charge in [-0.1, -0.05) is 42.5 Å². The van der Waals surface area contributed by atoms with Gasteiger partial charge in [-0.3, -0.25) is 24.1 Å². The number of hydrogen-bond donors (Lipinski definition) is 6. The molecule has 6 rings (SSSR count). The van der Waals surface area contributed by atoms with E-state index in [1.165, 1.54) is 11.0 Å². The van der Waals surface area contributed by atoms with E-state index < -0.39 is 58.0 Å². The number of primary amides is 1. The number of amides is 1. The third-order valence-electron chi connectivity index (χ3n) is 9.80. The maximum absolute atomic E-state index is 14.2. The second-order valence-electron chi connectivity index (χ2n) is 12.7. The van der Waals surface area contributed by atoms with Gasteiger partial charge in [0.25, 0.3) is 5.91 Å². The normalized spacial score (nSPS) is 23.6. The molecular weight excluding hydrogens is 618 g/mol. The highest BCUT2D eigenvalue weighted by molar-refractivity contribution is 6.25. The van der Waals surface area contributed by atoms with Gasteiger partial charge in [-0.25, -0.2) is 0 Å². The van der Waals surface area contributed by atoms with Gasteiger partial charge in [0, 0.05) is 18.0 Å². The molecule has 0 heterocycles. The first-order valence-electron chi connectivity index (χ1n) is 15.7. The summed E-state index contributed by atoms with van der Waals surface area (Å²) in [5, 5.41) is 50.4. The molecule has 0 aromatic heterocycles. The molecule has 3 aromatic carbocycles. The zero-order chi connectivity index (χ0) is 34.7. The number of rotatable bonds is 8. The van der Waals surface area contributed by atoms with Crippen LogP contribution in [0.4, 0.5) is 0 Å². The standard InChI is InChI=1S/C36H37N3O9/c1-4-48-26(41)16-38-15-17-9-10-21(20-8-6-5-7-19(17)20)22-11-12-25(40)28-23(22)13-18-14-24-30(39(2)3)32(43)29(35(37)46)34(45)36(24,47)33(44)27(18)31(28)42/h5-12,18,24,30,38,40,43-44,47H,4,13-16H2,1-3H3,(H2,37,46). The smallest absolute Gasteiger partial charge is 0.319 e. The van der Waals surface area contributed by atoms with Gasteiger partial charge in [0.15, 0.2) is 11.4 Å². The van der Waals surface area contributed by atoms with Gasteiger partial charge in [-0.05, 0) is 78.9 Å². The maximum atomic E-state index is 14.2. The number of aliphatic hydroxyl groups is 3. The Morgan fingerprint density at radius 1 is 1.02 bits per heavy atom. The SMILES string of the molecule is CCOC(=O)CNCc1ccc(-c2ccc(O)c3c2CC2CC4C(N(C)C)C(O)=C(C(N)=O)C(=O)C4(O)C(O)=C2C3=O)c2ccccc12. The van der Waals surface area contributed by atoms with Crippen molar-refractivity contribution >= 4 is 34.2 Å². The van der Waals surface area contributed by atoms with Crippen molar-refractivity contribution in [3.05, 3.63) is 87.9 Å². The molecule has 3 aromatic rings. The molecule has 12 nitrogen and oxygen atoms in total. The minimum absolute atomic E-state index is 0.00726. The van der Waals surface area contributed by atoms with Crippen LogP contribution in [0.3, 0.4) is 0 Å². The van der Waals surface area contributed by atoms with Crippen molar-refractivity contribution < 1.29 is 44.3 Å². The highest BCUT2D eigenvalue weighted by Crippen LogP contribution is 2.53. The number of phenolic OH excluding ortho intramolecular Hbond substituents is 1.